The van der Waals surface area contributed by atoms with Crippen LogP contribution in [0.25, 0.3) is 76.8 Å². The van der Waals surface area contributed by atoms with Gasteiger partial charge in [-0.15, -0.1) is 0 Å². The molecule has 8 aromatic rings. The van der Waals surface area contributed by atoms with Crippen molar-refractivity contribution >= 4 is 32.3 Å². The molecule has 0 bridgehead atoms. The molecule has 1 heteroatoms. The van der Waals surface area contributed by atoms with Crippen LogP contribution in [0, 0.1) is 0 Å². The van der Waals surface area contributed by atoms with E-state index in [-0.39, 0.29) is 0 Å². The van der Waals surface area contributed by atoms with Gasteiger partial charge in [-0.05, 0) is 60.8 Å². The van der Waals surface area contributed by atoms with E-state index < -0.39 is 0 Å². The smallest absolute Gasteiger partial charge is 0.143 e. The first kappa shape index (κ1) is 24.0. The highest BCUT2D eigenvalue weighted by molar-refractivity contribution is 6.23. The lowest BCUT2D eigenvalue weighted by Crippen LogP contribution is -2.00. The SMILES string of the molecule is c1ccc(-c2ccccc2-c2c3ccccc3c(-c3cccc4c3Oc3cccc5cccc-4c35)c3ccccc23)cc1. The van der Waals surface area contributed by atoms with Gasteiger partial charge in [-0.25, -0.2) is 0 Å². The summed E-state index contributed by atoms with van der Waals surface area (Å²) < 4.78 is 6.82. The fraction of sp³-hybridized carbons (Fsp3) is 0. The standard InChI is InChI=1S/C42H26O/c1-2-13-27(14-3-1)29-17-4-5-18-30(29)40-31-19-6-8-21-33(31)41(34-22-9-7-20-32(34)40)37-25-12-24-36-35-23-10-15-28-16-11-26-38(39(28)35)43-42(36)37/h1-26H. The first-order valence-electron chi connectivity index (χ1n) is 14.8. The Bertz CT molecular complexity index is 2300. The fourth-order valence-electron chi connectivity index (χ4n) is 7.06. The lowest BCUT2D eigenvalue weighted by atomic mass is 9.83. The molecule has 9 rings (SSSR count). The molecule has 43 heavy (non-hydrogen) atoms. The predicted molar refractivity (Wildman–Crippen MR) is 181 cm³/mol. The van der Waals surface area contributed by atoms with Crippen LogP contribution in [0.4, 0.5) is 0 Å². The minimum absolute atomic E-state index is 0.912. The van der Waals surface area contributed by atoms with Crippen LogP contribution in [-0.4, -0.2) is 0 Å². The zero-order valence-corrected chi connectivity index (χ0v) is 23.4. The van der Waals surface area contributed by atoms with Crippen molar-refractivity contribution in [2.75, 3.05) is 0 Å². The second-order valence-corrected chi connectivity index (χ2v) is 11.2. The van der Waals surface area contributed by atoms with Gasteiger partial charge in [0.15, 0.2) is 0 Å². The van der Waals surface area contributed by atoms with E-state index in [1.54, 1.807) is 0 Å². The van der Waals surface area contributed by atoms with Crippen molar-refractivity contribution < 1.29 is 4.74 Å². The molecule has 0 aliphatic carbocycles. The van der Waals surface area contributed by atoms with Crippen molar-refractivity contribution in [1.29, 1.82) is 0 Å². The Morgan fingerprint density at radius 1 is 0.326 bits per heavy atom. The second kappa shape index (κ2) is 9.44. The van der Waals surface area contributed by atoms with Crippen LogP contribution in [0.15, 0.2) is 158 Å². The van der Waals surface area contributed by atoms with Gasteiger partial charge in [-0.3, -0.25) is 0 Å². The van der Waals surface area contributed by atoms with Crippen molar-refractivity contribution in [3.05, 3.63) is 158 Å². The number of ether oxygens (including phenoxy) is 1. The third-order valence-electron chi connectivity index (χ3n) is 8.87. The summed E-state index contributed by atoms with van der Waals surface area (Å²) in [6.07, 6.45) is 0. The van der Waals surface area contributed by atoms with Gasteiger partial charge >= 0.3 is 0 Å². The zero-order chi connectivity index (χ0) is 28.3. The van der Waals surface area contributed by atoms with Crippen molar-refractivity contribution in [1.82, 2.24) is 0 Å². The molecule has 200 valence electrons. The highest BCUT2D eigenvalue weighted by atomic mass is 16.5. The summed E-state index contributed by atoms with van der Waals surface area (Å²) in [4.78, 5) is 0. The van der Waals surface area contributed by atoms with Crippen LogP contribution < -0.4 is 4.74 Å². The normalized spacial score (nSPS) is 11.9. The van der Waals surface area contributed by atoms with E-state index in [9.17, 15) is 0 Å². The lowest BCUT2D eigenvalue weighted by Gasteiger charge is -2.25. The monoisotopic (exact) mass is 546 g/mol. The van der Waals surface area contributed by atoms with E-state index in [0.717, 1.165) is 22.6 Å². The summed E-state index contributed by atoms with van der Waals surface area (Å²) in [6, 6.07) is 56.6. The Labute approximate surface area is 250 Å². The molecule has 0 radical (unpaired) electrons. The minimum Gasteiger partial charge on any atom is -0.455 e. The summed E-state index contributed by atoms with van der Waals surface area (Å²) in [5.74, 6) is 1.83. The summed E-state index contributed by atoms with van der Waals surface area (Å²) in [5.41, 5.74) is 9.61. The summed E-state index contributed by atoms with van der Waals surface area (Å²) >= 11 is 0. The van der Waals surface area contributed by atoms with Gasteiger partial charge in [0.05, 0.1) is 0 Å². The molecular weight excluding hydrogens is 520 g/mol. The number of hydrogen-bond donors (Lipinski definition) is 0. The number of para-hydroxylation sites is 1. The van der Waals surface area contributed by atoms with Crippen molar-refractivity contribution in [3.63, 3.8) is 0 Å². The third-order valence-corrected chi connectivity index (χ3v) is 8.87. The molecule has 0 amide bonds. The molecular formula is C42H26O. The average molecular weight is 547 g/mol. The summed E-state index contributed by atoms with van der Waals surface area (Å²) in [6.45, 7) is 0. The van der Waals surface area contributed by atoms with Crippen LogP contribution >= 0.6 is 0 Å². The molecule has 1 aliphatic rings. The van der Waals surface area contributed by atoms with Crippen LogP contribution in [0.2, 0.25) is 0 Å². The van der Waals surface area contributed by atoms with Crippen LogP contribution in [0.3, 0.4) is 0 Å². The first-order valence-corrected chi connectivity index (χ1v) is 14.8. The molecule has 0 N–H and O–H groups in total. The molecule has 0 unspecified atom stereocenters. The predicted octanol–water partition coefficient (Wildman–Crippen LogP) is 11.9. The topological polar surface area (TPSA) is 9.23 Å². The van der Waals surface area contributed by atoms with Gasteiger partial charge in [0, 0.05) is 22.1 Å². The van der Waals surface area contributed by atoms with Crippen molar-refractivity contribution in [2.45, 2.75) is 0 Å². The number of benzene rings is 8. The van der Waals surface area contributed by atoms with Crippen LogP contribution in [0.5, 0.6) is 11.5 Å². The van der Waals surface area contributed by atoms with Gasteiger partial charge in [-0.2, -0.15) is 0 Å². The van der Waals surface area contributed by atoms with Gasteiger partial charge < -0.3 is 4.74 Å². The first-order chi connectivity index (χ1) is 21.4. The maximum atomic E-state index is 6.82. The molecule has 0 atom stereocenters. The number of fused-ring (bicyclic) bond motifs is 4. The van der Waals surface area contributed by atoms with Gasteiger partial charge in [-0.1, -0.05) is 152 Å². The Hall–Kier alpha value is -5.66. The fourth-order valence-corrected chi connectivity index (χ4v) is 7.06. The van der Waals surface area contributed by atoms with Gasteiger partial charge in [0.1, 0.15) is 11.5 Å². The lowest BCUT2D eigenvalue weighted by molar-refractivity contribution is 0.489. The Morgan fingerprint density at radius 3 is 1.51 bits per heavy atom. The van der Waals surface area contributed by atoms with Gasteiger partial charge in [0.2, 0.25) is 0 Å². The number of hydrogen-bond acceptors (Lipinski definition) is 1. The maximum absolute atomic E-state index is 6.82. The van der Waals surface area contributed by atoms with Gasteiger partial charge in [0.25, 0.3) is 0 Å². The minimum atomic E-state index is 0.912. The molecule has 1 nitrogen and oxygen atoms in total. The molecule has 0 fully saturated rings. The van der Waals surface area contributed by atoms with E-state index in [1.807, 2.05) is 0 Å². The van der Waals surface area contributed by atoms with E-state index in [2.05, 4.69) is 158 Å². The molecule has 0 spiro atoms. The molecule has 1 aliphatic heterocycles. The Kier molecular flexibility index (Phi) is 5.27. The van der Waals surface area contributed by atoms with Crippen LogP contribution in [-0.2, 0) is 0 Å². The molecule has 8 aromatic carbocycles. The third kappa shape index (κ3) is 3.58. The van der Waals surface area contributed by atoms with Crippen molar-refractivity contribution in [3.8, 4) is 56.0 Å². The Balaban J connectivity index is 1.39. The van der Waals surface area contributed by atoms with E-state index in [0.29, 0.717) is 0 Å². The molecule has 0 saturated carbocycles. The Morgan fingerprint density at radius 2 is 0.814 bits per heavy atom. The molecule has 0 saturated heterocycles. The highest BCUT2D eigenvalue weighted by Gasteiger charge is 2.26. The van der Waals surface area contributed by atoms with E-state index in [1.165, 1.54) is 65.7 Å². The quantitative estimate of drug-likeness (QED) is 0.200. The van der Waals surface area contributed by atoms with E-state index >= 15 is 0 Å². The second-order valence-electron chi connectivity index (χ2n) is 11.2. The molecule has 0 aromatic heterocycles. The maximum Gasteiger partial charge on any atom is 0.143 e. The number of rotatable bonds is 3. The van der Waals surface area contributed by atoms with Crippen molar-refractivity contribution in [2.24, 2.45) is 0 Å². The molecule has 1 heterocycles. The average Bonchev–Trinajstić information content (AvgIpc) is 3.08. The largest absolute Gasteiger partial charge is 0.455 e. The highest BCUT2D eigenvalue weighted by Crippen LogP contribution is 2.53. The summed E-state index contributed by atoms with van der Waals surface area (Å²) in [7, 11) is 0. The zero-order valence-electron chi connectivity index (χ0n) is 23.4. The van der Waals surface area contributed by atoms with Crippen LogP contribution in [0.1, 0.15) is 0 Å². The van der Waals surface area contributed by atoms with E-state index in [4.69, 9.17) is 4.74 Å². The summed E-state index contributed by atoms with van der Waals surface area (Å²) in [5, 5.41) is 7.27.